The van der Waals surface area contributed by atoms with Gasteiger partial charge in [0.15, 0.2) is 0 Å². The highest BCUT2D eigenvalue weighted by Crippen LogP contribution is 2.26. The first-order valence-corrected chi connectivity index (χ1v) is 7.31. The molecule has 0 radical (unpaired) electrons. The highest BCUT2D eigenvalue weighted by molar-refractivity contribution is 6.00. The number of benzene rings is 1. The van der Waals surface area contributed by atoms with E-state index in [1.807, 2.05) is 26.0 Å². The van der Waals surface area contributed by atoms with Crippen LogP contribution in [0.3, 0.4) is 0 Å². The summed E-state index contributed by atoms with van der Waals surface area (Å²) in [7, 11) is 1.59. The van der Waals surface area contributed by atoms with Gasteiger partial charge in [-0.25, -0.2) is 0 Å². The van der Waals surface area contributed by atoms with Gasteiger partial charge in [0, 0.05) is 30.7 Å². The molecule has 7 heteroatoms. The summed E-state index contributed by atoms with van der Waals surface area (Å²) in [6, 6.07) is 7.24. The molecular weight excluding hydrogens is 318 g/mol. The van der Waals surface area contributed by atoms with Crippen molar-refractivity contribution in [2.75, 3.05) is 25.1 Å². The predicted molar refractivity (Wildman–Crippen MR) is 92.0 cm³/mol. The summed E-state index contributed by atoms with van der Waals surface area (Å²) < 4.78 is 5.10. The summed E-state index contributed by atoms with van der Waals surface area (Å²) in [5.74, 6) is 0.229. The highest BCUT2D eigenvalue weighted by Gasteiger charge is 2.35. The van der Waals surface area contributed by atoms with E-state index >= 15 is 0 Å². The zero-order valence-electron chi connectivity index (χ0n) is 13.7. The quantitative estimate of drug-likeness (QED) is 0.846. The first kappa shape index (κ1) is 19.3. The molecule has 2 amide bonds. The van der Waals surface area contributed by atoms with Gasteiger partial charge in [-0.05, 0) is 38.1 Å². The molecule has 2 rings (SSSR count). The van der Waals surface area contributed by atoms with E-state index in [-0.39, 0.29) is 36.6 Å². The van der Waals surface area contributed by atoms with Crippen molar-refractivity contribution in [3.05, 3.63) is 24.3 Å². The Balaban J connectivity index is 0.00000264. The maximum Gasteiger partial charge on any atom is 0.227 e. The van der Waals surface area contributed by atoms with Crippen LogP contribution in [0.15, 0.2) is 24.3 Å². The lowest BCUT2D eigenvalue weighted by Crippen LogP contribution is -2.46. The fraction of sp³-hybridized carbons (Fsp3) is 0.500. The van der Waals surface area contributed by atoms with Crippen LogP contribution in [0.1, 0.15) is 20.3 Å². The van der Waals surface area contributed by atoms with E-state index in [1.54, 1.807) is 24.1 Å². The number of carbonyl (C=O) groups excluding carboxylic acids is 2. The third-order valence-corrected chi connectivity index (χ3v) is 3.60. The van der Waals surface area contributed by atoms with Crippen molar-refractivity contribution < 1.29 is 14.3 Å². The lowest BCUT2D eigenvalue weighted by Gasteiger charge is -2.21. The molecular formula is C16H24ClN3O3. The van der Waals surface area contributed by atoms with Crippen LogP contribution in [0.25, 0.3) is 0 Å². The third-order valence-electron chi connectivity index (χ3n) is 3.60. The van der Waals surface area contributed by atoms with Gasteiger partial charge in [-0.3, -0.25) is 9.59 Å². The number of hydrogen-bond acceptors (Lipinski definition) is 4. The fourth-order valence-electron chi connectivity index (χ4n) is 2.35. The topological polar surface area (TPSA) is 84.7 Å². The number of anilines is 1. The third kappa shape index (κ3) is 5.11. The molecule has 0 aliphatic carbocycles. The van der Waals surface area contributed by atoms with Gasteiger partial charge in [0.05, 0.1) is 13.0 Å². The first-order valence-electron chi connectivity index (χ1n) is 7.31. The number of nitrogens with zero attached hydrogens (tertiary/aromatic N) is 1. The van der Waals surface area contributed by atoms with Gasteiger partial charge >= 0.3 is 0 Å². The van der Waals surface area contributed by atoms with Crippen molar-refractivity contribution in [3.8, 4) is 5.75 Å². The lowest BCUT2D eigenvalue weighted by atomic mass is 10.1. The van der Waals surface area contributed by atoms with Gasteiger partial charge < -0.3 is 20.7 Å². The van der Waals surface area contributed by atoms with E-state index in [0.717, 1.165) is 11.4 Å². The number of carbonyl (C=O) groups is 2. The van der Waals surface area contributed by atoms with E-state index in [1.165, 1.54) is 0 Å². The van der Waals surface area contributed by atoms with Gasteiger partial charge in [0.25, 0.3) is 0 Å². The Morgan fingerprint density at radius 1 is 1.39 bits per heavy atom. The van der Waals surface area contributed by atoms with Gasteiger partial charge in [0.1, 0.15) is 5.75 Å². The number of nitrogens with two attached hydrogens (primary N) is 1. The fourth-order valence-corrected chi connectivity index (χ4v) is 2.35. The zero-order valence-corrected chi connectivity index (χ0v) is 14.5. The first-order chi connectivity index (χ1) is 10.3. The molecule has 0 spiro atoms. The Kier molecular flexibility index (Phi) is 6.41. The number of nitrogens with one attached hydrogen (secondary N) is 1. The van der Waals surface area contributed by atoms with E-state index in [0.29, 0.717) is 13.1 Å². The molecule has 1 unspecified atom stereocenters. The van der Waals surface area contributed by atoms with E-state index < -0.39 is 5.54 Å². The van der Waals surface area contributed by atoms with Gasteiger partial charge in [-0.2, -0.15) is 0 Å². The molecule has 1 aromatic rings. The molecule has 1 aliphatic heterocycles. The molecule has 0 aromatic heterocycles. The molecule has 6 nitrogen and oxygen atoms in total. The van der Waals surface area contributed by atoms with Crippen molar-refractivity contribution in [3.63, 3.8) is 0 Å². The van der Waals surface area contributed by atoms with Crippen molar-refractivity contribution in [2.24, 2.45) is 11.7 Å². The Morgan fingerprint density at radius 2 is 2.00 bits per heavy atom. The van der Waals surface area contributed by atoms with Crippen molar-refractivity contribution in [1.82, 2.24) is 5.32 Å². The van der Waals surface area contributed by atoms with Crippen molar-refractivity contribution in [1.29, 1.82) is 0 Å². The molecule has 1 fully saturated rings. The number of amides is 2. The summed E-state index contributed by atoms with van der Waals surface area (Å²) >= 11 is 0. The SMILES string of the molecule is COc1ccc(N2CC(C(=O)NCC(C)(C)N)CC2=O)cc1.Cl. The van der Waals surface area contributed by atoms with Crippen LogP contribution >= 0.6 is 12.4 Å². The lowest BCUT2D eigenvalue weighted by molar-refractivity contribution is -0.126. The second-order valence-electron chi connectivity index (χ2n) is 6.31. The van der Waals surface area contributed by atoms with Crippen LogP contribution in [0.5, 0.6) is 5.75 Å². The molecule has 0 bridgehead atoms. The van der Waals surface area contributed by atoms with Crippen LogP contribution in [0.2, 0.25) is 0 Å². The van der Waals surface area contributed by atoms with Gasteiger partial charge in [-0.1, -0.05) is 0 Å². The summed E-state index contributed by atoms with van der Waals surface area (Å²) in [5.41, 5.74) is 6.17. The maximum atomic E-state index is 12.1. The predicted octanol–water partition coefficient (Wildman–Crippen LogP) is 1.32. The molecule has 128 valence electrons. The number of methoxy groups -OCH3 is 1. The van der Waals surface area contributed by atoms with Crippen LogP contribution < -0.4 is 20.7 Å². The Bertz CT molecular complexity index is 555. The standard InChI is InChI=1S/C16H23N3O3.ClH/c1-16(2,17)10-18-15(21)11-8-14(20)19(9-11)12-4-6-13(22-3)7-5-12;/h4-7,11H,8-10,17H2,1-3H3,(H,18,21);1H. The number of rotatable bonds is 5. The Labute approximate surface area is 142 Å². The summed E-state index contributed by atoms with van der Waals surface area (Å²) in [6.45, 7) is 4.47. The van der Waals surface area contributed by atoms with Crippen LogP contribution in [0.4, 0.5) is 5.69 Å². The van der Waals surface area contributed by atoms with Gasteiger partial charge in [0.2, 0.25) is 11.8 Å². The molecule has 1 aliphatic rings. The Morgan fingerprint density at radius 3 is 2.52 bits per heavy atom. The smallest absolute Gasteiger partial charge is 0.227 e. The molecule has 0 saturated carbocycles. The normalized spacial score (nSPS) is 17.7. The highest BCUT2D eigenvalue weighted by atomic mass is 35.5. The number of hydrogen-bond donors (Lipinski definition) is 2. The molecule has 23 heavy (non-hydrogen) atoms. The average molecular weight is 342 g/mol. The summed E-state index contributed by atoms with van der Waals surface area (Å²) in [4.78, 5) is 25.9. The second kappa shape index (κ2) is 7.66. The summed E-state index contributed by atoms with van der Waals surface area (Å²) in [5, 5.41) is 2.81. The van der Waals surface area contributed by atoms with Crippen molar-refractivity contribution >= 4 is 29.9 Å². The maximum absolute atomic E-state index is 12.1. The minimum absolute atomic E-state index is 0. The molecule has 1 aromatic carbocycles. The minimum Gasteiger partial charge on any atom is -0.497 e. The van der Waals surface area contributed by atoms with Crippen LogP contribution in [-0.4, -0.2) is 37.6 Å². The molecule has 1 saturated heterocycles. The monoisotopic (exact) mass is 341 g/mol. The number of halogens is 1. The summed E-state index contributed by atoms with van der Waals surface area (Å²) in [6.07, 6.45) is 0.225. The van der Waals surface area contributed by atoms with E-state index in [9.17, 15) is 9.59 Å². The second-order valence-corrected chi connectivity index (χ2v) is 6.31. The molecule has 1 atom stereocenters. The molecule has 1 heterocycles. The minimum atomic E-state index is -0.464. The van der Waals surface area contributed by atoms with Crippen molar-refractivity contribution in [2.45, 2.75) is 25.8 Å². The van der Waals surface area contributed by atoms with E-state index in [4.69, 9.17) is 10.5 Å². The molecule has 3 N–H and O–H groups in total. The van der Waals surface area contributed by atoms with Gasteiger partial charge in [-0.15, -0.1) is 12.4 Å². The average Bonchev–Trinajstić information content (AvgIpc) is 2.86. The Hall–Kier alpha value is -1.79. The zero-order chi connectivity index (χ0) is 16.3. The van der Waals surface area contributed by atoms with E-state index in [2.05, 4.69) is 5.32 Å². The van der Waals surface area contributed by atoms with Crippen LogP contribution in [0, 0.1) is 5.92 Å². The number of ether oxygens (including phenoxy) is 1. The van der Waals surface area contributed by atoms with Crippen LogP contribution in [-0.2, 0) is 9.59 Å². The largest absolute Gasteiger partial charge is 0.497 e.